The van der Waals surface area contributed by atoms with Gasteiger partial charge in [-0.15, -0.1) is 0 Å². The van der Waals surface area contributed by atoms with E-state index < -0.39 is 0 Å². The molecule has 4 heteroatoms. The van der Waals surface area contributed by atoms with E-state index in [9.17, 15) is 0 Å². The summed E-state index contributed by atoms with van der Waals surface area (Å²) in [5, 5.41) is 2.33. The summed E-state index contributed by atoms with van der Waals surface area (Å²) in [5.74, 6) is 2.39. The Kier molecular flexibility index (Phi) is 8.57. The third kappa shape index (κ3) is 6.31. The lowest BCUT2D eigenvalue weighted by molar-refractivity contribution is 0.483. The van der Waals surface area contributed by atoms with Crippen LogP contribution in [0.2, 0.25) is 0 Å². The van der Waals surface area contributed by atoms with E-state index in [1.807, 2.05) is 24.5 Å². The lowest BCUT2D eigenvalue weighted by Gasteiger charge is -2.23. The number of hydrogen-bond acceptors (Lipinski definition) is 3. The van der Waals surface area contributed by atoms with E-state index in [4.69, 9.17) is 14.7 Å². The molecule has 61 heavy (non-hydrogen) atoms. The molecule has 0 saturated carbocycles. The van der Waals surface area contributed by atoms with Gasteiger partial charge in [0.15, 0.2) is 0 Å². The summed E-state index contributed by atoms with van der Waals surface area (Å²) in [6.45, 7) is 8.85. The van der Waals surface area contributed by atoms with E-state index in [2.05, 4.69) is 196 Å². The standard InChI is InChI=1S/C57H43N3O/c1-36-35-59-53(34-51(36)37-24-26-48-46-20-8-7-18-44(46)42-16-5-6-17-43(42)45-19-9-10-21-47(45)52(48)31-37)38-14-13-15-40(30-38)61-41-25-27-50-49-22-11-12-23-54(49)60(55(50)33-41)56-32-39(28-29-58-56)57(2,3)4/h5-35H,1-4H3. The van der Waals surface area contributed by atoms with Crippen molar-refractivity contribution in [3.63, 3.8) is 0 Å². The van der Waals surface area contributed by atoms with Gasteiger partial charge in [-0.25, -0.2) is 4.98 Å². The second-order valence-electron chi connectivity index (χ2n) is 17.1. The highest BCUT2D eigenvalue weighted by atomic mass is 16.5. The molecular weight excluding hydrogens is 743 g/mol. The summed E-state index contributed by atoms with van der Waals surface area (Å²) in [7, 11) is 0. The average Bonchev–Trinajstić information content (AvgIpc) is 3.62. The first kappa shape index (κ1) is 36.5. The molecule has 0 N–H and O–H groups in total. The number of para-hydroxylation sites is 1. The van der Waals surface area contributed by atoms with Crippen LogP contribution >= 0.6 is 0 Å². The molecule has 0 spiro atoms. The second-order valence-corrected chi connectivity index (χ2v) is 17.1. The Hall–Kier alpha value is -7.56. The van der Waals surface area contributed by atoms with E-state index in [0.717, 1.165) is 61.7 Å². The lowest BCUT2D eigenvalue weighted by Crippen LogP contribution is -2.12. The van der Waals surface area contributed by atoms with E-state index in [1.165, 1.54) is 55.5 Å². The number of pyridine rings is 2. The minimum absolute atomic E-state index is 0.00500. The van der Waals surface area contributed by atoms with Gasteiger partial charge in [-0.2, -0.15) is 0 Å². The molecule has 0 aliphatic heterocycles. The molecule has 10 aromatic rings. The first-order chi connectivity index (χ1) is 29.8. The Morgan fingerprint density at radius 2 is 1.05 bits per heavy atom. The molecular formula is C57H43N3O. The predicted octanol–water partition coefficient (Wildman–Crippen LogP) is 15.3. The normalized spacial score (nSPS) is 11.9. The maximum atomic E-state index is 6.66. The van der Waals surface area contributed by atoms with E-state index in [1.54, 1.807) is 0 Å². The minimum atomic E-state index is -0.00500. The quantitative estimate of drug-likeness (QED) is 0.174. The van der Waals surface area contributed by atoms with E-state index >= 15 is 0 Å². The molecule has 0 atom stereocenters. The van der Waals surface area contributed by atoms with Gasteiger partial charge in [-0.3, -0.25) is 9.55 Å². The highest BCUT2D eigenvalue weighted by Gasteiger charge is 2.23. The number of rotatable bonds is 5. The zero-order chi connectivity index (χ0) is 41.2. The Bertz CT molecular complexity index is 3340. The van der Waals surface area contributed by atoms with E-state index in [-0.39, 0.29) is 5.41 Å². The summed E-state index contributed by atoms with van der Waals surface area (Å²) in [5.41, 5.74) is 18.6. The molecule has 3 heterocycles. The molecule has 292 valence electrons. The van der Waals surface area contributed by atoms with Crippen LogP contribution in [0.1, 0.15) is 31.9 Å². The number of hydrogen-bond donors (Lipinski definition) is 0. The van der Waals surface area contributed by atoms with Gasteiger partial charge < -0.3 is 4.74 Å². The summed E-state index contributed by atoms with van der Waals surface area (Å²) in [6, 6.07) is 63.0. The van der Waals surface area contributed by atoms with Crippen LogP contribution < -0.4 is 4.74 Å². The SMILES string of the molecule is Cc1cnc(-c2cccc(Oc3ccc4c5ccccc5n(-c5cc(C(C)(C)C)ccn5)c4c3)c2)cc1-c1ccc2c(c1)-c1ccccc1-c1ccccc1-c1ccccc1-2. The Labute approximate surface area is 356 Å². The molecule has 7 aromatic carbocycles. The fourth-order valence-electron chi connectivity index (χ4n) is 9.14. The van der Waals surface area contributed by atoms with Crippen LogP contribution in [-0.2, 0) is 5.41 Å². The smallest absolute Gasteiger partial charge is 0.137 e. The van der Waals surface area contributed by atoms with Crippen LogP contribution in [0.25, 0.3) is 94.5 Å². The van der Waals surface area contributed by atoms with Crippen molar-refractivity contribution in [2.75, 3.05) is 0 Å². The van der Waals surface area contributed by atoms with Gasteiger partial charge in [0.25, 0.3) is 0 Å². The predicted molar refractivity (Wildman–Crippen MR) is 252 cm³/mol. The van der Waals surface area contributed by atoms with Gasteiger partial charge in [-0.1, -0.05) is 136 Å². The van der Waals surface area contributed by atoms with Gasteiger partial charge in [0.2, 0.25) is 0 Å². The van der Waals surface area contributed by atoms with Crippen LogP contribution in [0, 0.1) is 6.92 Å². The zero-order valence-electron chi connectivity index (χ0n) is 34.6. The van der Waals surface area contributed by atoms with Gasteiger partial charge in [0.1, 0.15) is 17.3 Å². The molecule has 0 bridgehead atoms. The van der Waals surface area contributed by atoms with Crippen molar-refractivity contribution in [1.82, 2.24) is 14.5 Å². The summed E-state index contributed by atoms with van der Waals surface area (Å²) in [4.78, 5) is 9.82. The average molecular weight is 786 g/mol. The Morgan fingerprint density at radius 1 is 0.443 bits per heavy atom. The molecule has 1 aliphatic rings. The lowest BCUT2D eigenvalue weighted by atomic mass is 9.80. The van der Waals surface area contributed by atoms with Crippen LogP contribution in [0.15, 0.2) is 188 Å². The highest BCUT2D eigenvalue weighted by Crippen LogP contribution is 2.48. The van der Waals surface area contributed by atoms with Crippen molar-refractivity contribution in [3.05, 3.63) is 199 Å². The van der Waals surface area contributed by atoms with Crippen LogP contribution in [-0.4, -0.2) is 14.5 Å². The first-order valence-corrected chi connectivity index (χ1v) is 21.0. The minimum Gasteiger partial charge on any atom is -0.457 e. The molecule has 0 amide bonds. The molecule has 0 fully saturated rings. The van der Waals surface area contributed by atoms with Crippen molar-refractivity contribution in [1.29, 1.82) is 0 Å². The second kappa shape index (κ2) is 14.3. The third-order valence-corrected chi connectivity index (χ3v) is 12.2. The van der Waals surface area contributed by atoms with Gasteiger partial charge in [0.05, 0.1) is 16.7 Å². The number of fused-ring (bicyclic) bond motifs is 11. The topological polar surface area (TPSA) is 39.9 Å². The fraction of sp³-hybridized carbons (Fsp3) is 0.0877. The summed E-state index contributed by atoms with van der Waals surface area (Å²) < 4.78 is 8.91. The summed E-state index contributed by atoms with van der Waals surface area (Å²) in [6.07, 6.45) is 3.90. The first-order valence-electron chi connectivity index (χ1n) is 21.0. The highest BCUT2D eigenvalue weighted by molar-refractivity contribution is 6.09. The molecule has 11 rings (SSSR count). The van der Waals surface area contributed by atoms with Gasteiger partial charge in [0, 0.05) is 34.8 Å². The number of nitrogens with zero attached hydrogens (tertiary/aromatic N) is 3. The molecule has 0 saturated heterocycles. The molecule has 0 radical (unpaired) electrons. The maximum Gasteiger partial charge on any atom is 0.137 e. The monoisotopic (exact) mass is 785 g/mol. The van der Waals surface area contributed by atoms with Crippen molar-refractivity contribution >= 4 is 21.8 Å². The molecule has 1 aliphatic carbocycles. The largest absolute Gasteiger partial charge is 0.457 e. The molecule has 4 nitrogen and oxygen atoms in total. The Morgan fingerprint density at radius 3 is 1.74 bits per heavy atom. The van der Waals surface area contributed by atoms with Crippen molar-refractivity contribution < 1.29 is 4.74 Å². The third-order valence-electron chi connectivity index (χ3n) is 12.2. The number of ether oxygens (including phenoxy) is 1. The zero-order valence-corrected chi connectivity index (χ0v) is 34.6. The number of benzene rings is 7. The fourth-order valence-corrected chi connectivity index (χ4v) is 9.14. The molecule has 0 unspecified atom stereocenters. The molecule has 3 aromatic heterocycles. The van der Waals surface area contributed by atoms with Crippen molar-refractivity contribution in [2.45, 2.75) is 33.1 Å². The van der Waals surface area contributed by atoms with Crippen LogP contribution in [0.4, 0.5) is 0 Å². The van der Waals surface area contributed by atoms with Crippen LogP contribution in [0.3, 0.4) is 0 Å². The summed E-state index contributed by atoms with van der Waals surface area (Å²) >= 11 is 0. The van der Waals surface area contributed by atoms with Gasteiger partial charge in [-0.05, 0) is 134 Å². The number of aryl methyl sites for hydroxylation is 1. The van der Waals surface area contributed by atoms with Gasteiger partial charge >= 0.3 is 0 Å². The van der Waals surface area contributed by atoms with Crippen molar-refractivity contribution in [2.24, 2.45) is 0 Å². The van der Waals surface area contributed by atoms with Crippen molar-refractivity contribution in [3.8, 4) is 84.2 Å². The number of aromatic nitrogens is 3. The maximum absolute atomic E-state index is 6.66. The Balaban J connectivity index is 0.967. The van der Waals surface area contributed by atoms with Crippen LogP contribution in [0.5, 0.6) is 11.5 Å². The van der Waals surface area contributed by atoms with E-state index in [0.29, 0.717) is 0 Å².